The zero-order chi connectivity index (χ0) is 23.4. The first-order chi connectivity index (χ1) is 15.8. The summed E-state index contributed by atoms with van der Waals surface area (Å²) in [6.45, 7) is 7.35. The van der Waals surface area contributed by atoms with E-state index < -0.39 is 10.0 Å². The molecule has 1 N–H and O–H groups in total. The number of hydrogen-bond acceptors (Lipinski definition) is 5. The summed E-state index contributed by atoms with van der Waals surface area (Å²) < 4.78 is 26.8. The zero-order valence-electron chi connectivity index (χ0n) is 18.9. The fourth-order valence-corrected chi connectivity index (χ4v) is 6.00. The Balaban J connectivity index is 1.27. The van der Waals surface area contributed by atoms with Crippen molar-refractivity contribution in [2.75, 3.05) is 44.6 Å². The third kappa shape index (κ3) is 5.94. The number of carbonyl (C=O) groups is 1. The van der Waals surface area contributed by atoms with Crippen LogP contribution in [-0.4, -0.2) is 73.7 Å². The molecule has 2 saturated heterocycles. The van der Waals surface area contributed by atoms with Crippen LogP contribution in [-0.2, 0) is 21.4 Å². The molecule has 0 spiro atoms. The smallest absolute Gasteiger partial charge is 0.243 e. The maximum Gasteiger partial charge on any atom is 0.243 e. The van der Waals surface area contributed by atoms with E-state index in [-0.39, 0.29) is 16.8 Å². The van der Waals surface area contributed by atoms with E-state index in [1.54, 1.807) is 24.3 Å². The lowest BCUT2D eigenvalue weighted by molar-refractivity contribution is -0.121. The van der Waals surface area contributed by atoms with Gasteiger partial charge in [0.1, 0.15) is 0 Å². The summed E-state index contributed by atoms with van der Waals surface area (Å²) in [5, 5.41) is 3.67. The number of amides is 1. The molecule has 0 bridgehead atoms. The second-order valence-electron chi connectivity index (χ2n) is 8.74. The second kappa shape index (κ2) is 10.5. The molecule has 2 heterocycles. The van der Waals surface area contributed by atoms with Gasteiger partial charge in [-0.15, -0.1) is 0 Å². The first-order valence-electron chi connectivity index (χ1n) is 11.4. The van der Waals surface area contributed by atoms with E-state index in [2.05, 4.69) is 15.1 Å². The molecule has 0 saturated carbocycles. The molecule has 1 unspecified atom stereocenters. The molecule has 9 heteroatoms. The quantitative estimate of drug-likeness (QED) is 0.645. The largest absolute Gasteiger partial charge is 0.325 e. The van der Waals surface area contributed by atoms with Crippen LogP contribution in [0.2, 0.25) is 5.02 Å². The van der Waals surface area contributed by atoms with Crippen LogP contribution in [0, 0.1) is 0 Å². The van der Waals surface area contributed by atoms with Gasteiger partial charge in [0, 0.05) is 56.5 Å². The van der Waals surface area contributed by atoms with Crippen molar-refractivity contribution in [3.8, 4) is 0 Å². The Morgan fingerprint density at radius 3 is 2.15 bits per heavy atom. The van der Waals surface area contributed by atoms with E-state index in [1.807, 2.05) is 31.2 Å². The van der Waals surface area contributed by atoms with Crippen molar-refractivity contribution in [3.63, 3.8) is 0 Å². The first kappa shape index (κ1) is 24.2. The average molecular weight is 491 g/mol. The third-order valence-electron chi connectivity index (χ3n) is 6.48. The summed E-state index contributed by atoms with van der Waals surface area (Å²) >= 11 is 5.96. The highest BCUT2D eigenvalue weighted by molar-refractivity contribution is 7.89. The van der Waals surface area contributed by atoms with Crippen LogP contribution in [0.3, 0.4) is 0 Å². The Bertz CT molecular complexity index is 1050. The summed E-state index contributed by atoms with van der Waals surface area (Å²) in [7, 11) is -3.45. The van der Waals surface area contributed by atoms with Gasteiger partial charge in [0.15, 0.2) is 0 Å². The highest BCUT2D eigenvalue weighted by Crippen LogP contribution is 2.22. The van der Waals surface area contributed by atoms with Gasteiger partial charge in [-0.1, -0.05) is 23.7 Å². The van der Waals surface area contributed by atoms with Gasteiger partial charge in [-0.05, 0) is 61.7 Å². The molecule has 2 aliphatic rings. The minimum Gasteiger partial charge on any atom is -0.325 e. The molecule has 1 atom stereocenters. The van der Waals surface area contributed by atoms with Crippen LogP contribution in [0.4, 0.5) is 5.69 Å². The Kier molecular flexibility index (Phi) is 7.71. The molecule has 0 radical (unpaired) electrons. The van der Waals surface area contributed by atoms with Gasteiger partial charge in [-0.2, -0.15) is 4.31 Å². The van der Waals surface area contributed by atoms with Crippen molar-refractivity contribution >= 4 is 33.2 Å². The molecule has 2 aliphatic heterocycles. The summed E-state index contributed by atoms with van der Waals surface area (Å²) in [4.78, 5) is 17.6. The molecule has 33 heavy (non-hydrogen) atoms. The van der Waals surface area contributed by atoms with E-state index in [0.717, 1.165) is 50.6 Å². The number of rotatable bonds is 7. The Morgan fingerprint density at radius 1 is 0.939 bits per heavy atom. The van der Waals surface area contributed by atoms with Crippen molar-refractivity contribution in [2.24, 2.45) is 0 Å². The summed E-state index contributed by atoms with van der Waals surface area (Å²) in [6, 6.07) is 14.1. The predicted octanol–water partition coefficient (Wildman–Crippen LogP) is 3.27. The van der Waals surface area contributed by atoms with Gasteiger partial charge in [0.05, 0.1) is 10.9 Å². The van der Waals surface area contributed by atoms with Crippen LogP contribution in [0.15, 0.2) is 53.4 Å². The maximum absolute atomic E-state index is 12.8. The number of piperazine rings is 1. The molecule has 4 rings (SSSR count). The van der Waals surface area contributed by atoms with Crippen molar-refractivity contribution < 1.29 is 13.2 Å². The lowest BCUT2D eigenvalue weighted by atomic mass is 10.1. The normalized spacial score (nSPS) is 19.5. The fourth-order valence-electron chi connectivity index (χ4n) is 4.36. The number of halogens is 1. The number of anilines is 1. The first-order valence-corrected chi connectivity index (χ1v) is 13.3. The maximum atomic E-state index is 12.8. The van der Waals surface area contributed by atoms with Crippen LogP contribution >= 0.6 is 11.6 Å². The van der Waals surface area contributed by atoms with Gasteiger partial charge >= 0.3 is 0 Å². The van der Waals surface area contributed by atoms with Crippen molar-refractivity contribution in [3.05, 3.63) is 59.1 Å². The SMILES string of the molecule is CC(C(=O)Nc1ccc(S(=O)(=O)N2CCCC2)cc1)N1CCN(Cc2ccc(Cl)cc2)CC1. The van der Waals surface area contributed by atoms with Gasteiger partial charge < -0.3 is 5.32 Å². The highest BCUT2D eigenvalue weighted by Gasteiger charge is 2.28. The highest BCUT2D eigenvalue weighted by atomic mass is 35.5. The Morgan fingerprint density at radius 2 is 1.55 bits per heavy atom. The molecular formula is C24H31ClN4O3S. The van der Waals surface area contributed by atoms with Crippen molar-refractivity contribution in [1.29, 1.82) is 0 Å². The number of hydrogen-bond donors (Lipinski definition) is 1. The Hall–Kier alpha value is -1.97. The molecule has 7 nitrogen and oxygen atoms in total. The molecule has 1 amide bonds. The molecule has 0 aliphatic carbocycles. The molecular weight excluding hydrogens is 460 g/mol. The van der Waals surface area contributed by atoms with E-state index in [1.165, 1.54) is 9.87 Å². The van der Waals surface area contributed by atoms with E-state index in [4.69, 9.17) is 11.6 Å². The fraction of sp³-hybridized carbons (Fsp3) is 0.458. The molecule has 2 aromatic rings. The van der Waals surface area contributed by atoms with Gasteiger partial charge in [0.25, 0.3) is 0 Å². The minimum absolute atomic E-state index is 0.0868. The number of carbonyl (C=O) groups excluding carboxylic acids is 1. The predicted molar refractivity (Wildman–Crippen MR) is 131 cm³/mol. The zero-order valence-corrected chi connectivity index (χ0v) is 20.5. The lowest BCUT2D eigenvalue weighted by Crippen LogP contribution is -2.52. The van der Waals surface area contributed by atoms with Gasteiger partial charge in [-0.3, -0.25) is 14.6 Å². The number of nitrogens with one attached hydrogen (secondary N) is 1. The topological polar surface area (TPSA) is 73.0 Å². The monoisotopic (exact) mass is 490 g/mol. The van der Waals surface area contributed by atoms with Crippen LogP contribution in [0.5, 0.6) is 0 Å². The molecule has 0 aromatic heterocycles. The third-order valence-corrected chi connectivity index (χ3v) is 8.64. The van der Waals surface area contributed by atoms with Crippen LogP contribution < -0.4 is 5.32 Å². The number of benzene rings is 2. The minimum atomic E-state index is -3.45. The van der Waals surface area contributed by atoms with Gasteiger partial charge in [-0.25, -0.2) is 8.42 Å². The van der Waals surface area contributed by atoms with Crippen molar-refractivity contribution in [2.45, 2.75) is 37.2 Å². The summed E-state index contributed by atoms with van der Waals surface area (Å²) in [6.07, 6.45) is 1.81. The molecule has 2 fully saturated rings. The van der Waals surface area contributed by atoms with E-state index in [9.17, 15) is 13.2 Å². The van der Waals surface area contributed by atoms with Crippen LogP contribution in [0.25, 0.3) is 0 Å². The van der Waals surface area contributed by atoms with Gasteiger partial charge in [0.2, 0.25) is 15.9 Å². The summed E-state index contributed by atoms with van der Waals surface area (Å²) in [5.41, 5.74) is 1.84. The standard InChI is InChI=1S/C24H31ClN4O3S/c1-19(28-16-14-27(15-17-28)18-20-4-6-21(25)7-5-20)24(30)26-22-8-10-23(11-9-22)33(31,32)29-12-2-3-13-29/h4-11,19H,2-3,12-18H2,1H3,(H,26,30). The number of sulfonamides is 1. The second-order valence-corrected chi connectivity index (χ2v) is 11.1. The van der Waals surface area contributed by atoms with E-state index in [0.29, 0.717) is 18.8 Å². The van der Waals surface area contributed by atoms with E-state index >= 15 is 0 Å². The summed E-state index contributed by atoms with van der Waals surface area (Å²) in [5.74, 6) is -0.0868. The molecule has 178 valence electrons. The Labute approximate surface area is 201 Å². The molecule has 2 aromatic carbocycles. The lowest BCUT2D eigenvalue weighted by Gasteiger charge is -2.37. The van der Waals surface area contributed by atoms with Crippen LogP contribution in [0.1, 0.15) is 25.3 Å². The average Bonchev–Trinajstić information content (AvgIpc) is 3.37. The van der Waals surface area contributed by atoms with Crippen molar-refractivity contribution in [1.82, 2.24) is 14.1 Å². The number of nitrogens with zero attached hydrogens (tertiary/aromatic N) is 3.